The van der Waals surface area contributed by atoms with Crippen LogP contribution >= 0.6 is 0 Å². The summed E-state index contributed by atoms with van der Waals surface area (Å²) >= 11 is 0. The molecule has 118 valence electrons. The minimum atomic E-state index is -4.53. The van der Waals surface area contributed by atoms with Gasteiger partial charge in [-0.1, -0.05) is 0 Å². The van der Waals surface area contributed by atoms with E-state index in [-0.39, 0.29) is 11.4 Å². The van der Waals surface area contributed by atoms with Gasteiger partial charge in [0.15, 0.2) is 12.3 Å². The van der Waals surface area contributed by atoms with E-state index in [0.29, 0.717) is 12.2 Å². The zero-order valence-electron chi connectivity index (χ0n) is 11.5. The maximum Gasteiger partial charge on any atom is 0.405 e. The average molecular weight is 308 g/mol. The number of alkyl halides is 3. The Bertz CT molecular complexity index is 540. The number of nitrogens with zero attached hydrogens (tertiary/aromatic N) is 2. The van der Waals surface area contributed by atoms with E-state index in [9.17, 15) is 22.8 Å². The van der Waals surface area contributed by atoms with Crippen LogP contribution < -0.4 is 11.1 Å². The van der Waals surface area contributed by atoms with Gasteiger partial charge in [-0.05, 0) is 13.8 Å². The van der Waals surface area contributed by atoms with E-state index in [2.05, 4.69) is 9.84 Å². The van der Waals surface area contributed by atoms with Crippen molar-refractivity contribution in [1.29, 1.82) is 0 Å². The Labute approximate surface area is 118 Å². The molecule has 3 N–H and O–H groups in total. The first-order chi connectivity index (χ1) is 9.65. The molecule has 1 heterocycles. The maximum atomic E-state index is 11.9. The number of aromatic nitrogens is 2. The van der Waals surface area contributed by atoms with E-state index in [1.807, 2.05) is 0 Å². The third-order valence-electron chi connectivity index (χ3n) is 2.49. The van der Waals surface area contributed by atoms with Crippen LogP contribution in [0.3, 0.4) is 0 Å². The van der Waals surface area contributed by atoms with E-state index in [0.717, 1.165) is 0 Å². The van der Waals surface area contributed by atoms with Gasteiger partial charge >= 0.3 is 12.1 Å². The Morgan fingerprint density at radius 3 is 2.57 bits per heavy atom. The second-order valence-electron chi connectivity index (χ2n) is 4.13. The number of ether oxygens (including phenoxy) is 1. The molecule has 1 rings (SSSR count). The van der Waals surface area contributed by atoms with Crippen molar-refractivity contribution in [2.24, 2.45) is 0 Å². The molecule has 0 saturated heterocycles. The largest absolute Gasteiger partial charge is 0.451 e. The molecule has 0 spiro atoms. The number of hydrogen-bond acceptors (Lipinski definition) is 5. The van der Waals surface area contributed by atoms with Crippen LogP contribution in [-0.4, -0.2) is 41.0 Å². The molecule has 10 heteroatoms. The molecular weight excluding hydrogens is 293 g/mol. The van der Waals surface area contributed by atoms with Gasteiger partial charge in [0.2, 0.25) is 0 Å². The summed E-state index contributed by atoms with van der Waals surface area (Å²) in [7, 11) is 0. The van der Waals surface area contributed by atoms with E-state index in [4.69, 9.17) is 5.73 Å². The fraction of sp³-hybridized carbons (Fsp3) is 0.545. The molecule has 0 radical (unpaired) electrons. The second kappa shape index (κ2) is 6.46. The van der Waals surface area contributed by atoms with Crippen LogP contribution in [0.2, 0.25) is 0 Å². The van der Waals surface area contributed by atoms with Crippen molar-refractivity contribution in [3.8, 4) is 0 Å². The maximum absolute atomic E-state index is 11.9. The van der Waals surface area contributed by atoms with Crippen molar-refractivity contribution in [1.82, 2.24) is 15.1 Å². The first-order valence-electron chi connectivity index (χ1n) is 5.99. The molecule has 0 aliphatic carbocycles. The van der Waals surface area contributed by atoms with Crippen molar-refractivity contribution >= 4 is 17.6 Å². The van der Waals surface area contributed by atoms with Crippen molar-refractivity contribution in [2.75, 3.05) is 18.9 Å². The average Bonchev–Trinajstić information content (AvgIpc) is 2.68. The molecule has 7 nitrogen and oxygen atoms in total. The van der Waals surface area contributed by atoms with Gasteiger partial charge in [-0.2, -0.15) is 18.3 Å². The molecule has 1 amide bonds. The summed E-state index contributed by atoms with van der Waals surface area (Å²) in [5.41, 5.74) is 6.17. The predicted octanol–water partition coefficient (Wildman–Crippen LogP) is 0.629. The Morgan fingerprint density at radius 2 is 2.05 bits per heavy atom. The molecule has 1 aromatic rings. The molecule has 1 aromatic heterocycles. The van der Waals surface area contributed by atoms with Gasteiger partial charge in [0.25, 0.3) is 5.91 Å². The molecule has 0 unspecified atom stereocenters. The van der Waals surface area contributed by atoms with Crippen molar-refractivity contribution in [3.05, 3.63) is 11.4 Å². The van der Waals surface area contributed by atoms with Crippen LogP contribution in [0.25, 0.3) is 0 Å². The lowest BCUT2D eigenvalue weighted by molar-refractivity contribution is -0.140. The Kier molecular flexibility index (Phi) is 5.17. The summed E-state index contributed by atoms with van der Waals surface area (Å²) in [5, 5.41) is 5.57. The molecule has 0 aromatic carbocycles. The highest BCUT2D eigenvalue weighted by Gasteiger charge is 2.28. The number of rotatable bonds is 5. The molecular formula is C11H15F3N4O3. The number of nitrogens with two attached hydrogens (primary N) is 1. The number of nitrogen functional groups attached to an aromatic ring is 1. The summed E-state index contributed by atoms with van der Waals surface area (Å²) in [4.78, 5) is 22.9. The molecule has 0 bridgehead atoms. The lowest BCUT2D eigenvalue weighted by atomic mass is 10.3. The molecule has 0 saturated carbocycles. The van der Waals surface area contributed by atoms with Gasteiger partial charge in [0.05, 0.1) is 11.4 Å². The Hall–Kier alpha value is -2.26. The van der Waals surface area contributed by atoms with Gasteiger partial charge in [0.1, 0.15) is 6.54 Å². The summed E-state index contributed by atoms with van der Waals surface area (Å²) in [6.45, 7) is 1.34. The van der Waals surface area contributed by atoms with E-state index in [1.54, 1.807) is 19.2 Å². The number of carbonyl (C=O) groups excluding carboxylic acids is 2. The van der Waals surface area contributed by atoms with Crippen LogP contribution in [0.5, 0.6) is 0 Å². The fourth-order valence-electron chi connectivity index (χ4n) is 1.49. The third kappa shape index (κ3) is 4.65. The standard InChI is InChI=1S/C11H15F3N4O3/c1-3-18-9(8(15)6(2)17-18)10(20)21-4-7(19)16-5-11(12,13)14/h3-5,15H2,1-2H3,(H,16,19). The van der Waals surface area contributed by atoms with Crippen LogP contribution in [0.4, 0.5) is 18.9 Å². The van der Waals surface area contributed by atoms with E-state index < -0.39 is 31.2 Å². The lowest BCUT2D eigenvalue weighted by Gasteiger charge is -2.09. The zero-order valence-corrected chi connectivity index (χ0v) is 11.5. The zero-order chi connectivity index (χ0) is 16.2. The van der Waals surface area contributed by atoms with Gasteiger partial charge in [0, 0.05) is 6.54 Å². The Balaban J connectivity index is 2.61. The van der Waals surface area contributed by atoms with Crippen molar-refractivity contribution < 1.29 is 27.5 Å². The second-order valence-corrected chi connectivity index (χ2v) is 4.13. The summed E-state index contributed by atoms with van der Waals surface area (Å²) < 4.78 is 41.6. The van der Waals surface area contributed by atoms with E-state index >= 15 is 0 Å². The SMILES string of the molecule is CCn1nc(C)c(N)c1C(=O)OCC(=O)NCC(F)(F)F. The highest BCUT2D eigenvalue weighted by Crippen LogP contribution is 2.17. The lowest BCUT2D eigenvalue weighted by Crippen LogP contribution is -2.36. The summed E-state index contributed by atoms with van der Waals surface area (Å²) in [5.74, 6) is -1.98. The summed E-state index contributed by atoms with van der Waals surface area (Å²) in [6.07, 6.45) is -4.53. The minimum Gasteiger partial charge on any atom is -0.451 e. The number of halogens is 3. The number of nitrogens with one attached hydrogen (secondary N) is 1. The minimum absolute atomic E-state index is 0.0291. The molecule has 0 atom stereocenters. The number of carbonyl (C=O) groups is 2. The van der Waals surface area contributed by atoms with Gasteiger partial charge in [-0.15, -0.1) is 0 Å². The number of hydrogen-bond donors (Lipinski definition) is 2. The van der Waals surface area contributed by atoms with Crippen molar-refractivity contribution in [3.63, 3.8) is 0 Å². The van der Waals surface area contributed by atoms with Crippen LogP contribution in [-0.2, 0) is 16.1 Å². The normalized spacial score (nSPS) is 11.3. The summed E-state index contributed by atoms with van der Waals surface area (Å²) in [6, 6.07) is 0. The molecule has 21 heavy (non-hydrogen) atoms. The fourth-order valence-corrected chi connectivity index (χ4v) is 1.49. The smallest absolute Gasteiger partial charge is 0.405 e. The van der Waals surface area contributed by atoms with Gasteiger partial charge in [-0.25, -0.2) is 4.79 Å². The van der Waals surface area contributed by atoms with E-state index in [1.165, 1.54) is 4.68 Å². The number of aryl methyl sites for hydroxylation is 2. The Morgan fingerprint density at radius 1 is 1.43 bits per heavy atom. The van der Waals surface area contributed by atoms with Gasteiger partial charge in [-0.3, -0.25) is 9.48 Å². The van der Waals surface area contributed by atoms with Crippen LogP contribution in [0.15, 0.2) is 0 Å². The quantitative estimate of drug-likeness (QED) is 0.777. The van der Waals surface area contributed by atoms with Crippen LogP contribution in [0.1, 0.15) is 23.1 Å². The number of anilines is 1. The first-order valence-corrected chi connectivity index (χ1v) is 5.99. The number of amides is 1. The molecule has 0 aliphatic heterocycles. The highest BCUT2D eigenvalue weighted by atomic mass is 19.4. The third-order valence-corrected chi connectivity index (χ3v) is 2.49. The predicted molar refractivity (Wildman–Crippen MR) is 66.4 cm³/mol. The topological polar surface area (TPSA) is 99.2 Å². The van der Waals surface area contributed by atoms with Crippen molar-refractivity contribution in [2.45, 2.75) is 26.6 Å². The monoisotopic (exact) mass is 308 g/mol. The van der Waals surface area contributed by atoms with Gasteiger partial charge < -0.3 is 15.8 Å². The molecule has 0 aliphatic rings. The first kappa shape index (κ1) is 16.8. The highest BCUT2D eigenvalue weighted by molar-refractivity contribution is 5.95. The molecule has 0 fully saturated rings. The number of esters is 1. The van der Waals surface area contributed by atoms with Crippen LogP contribution in [0, 0.1) is 6.92 Å².